The maximum atomic E-state index is 10.5. The van der Waals surface area contributed by atoms with Crippen LogP contribution in [0.5, 0.6) is 0 Å². The van der Waals surface area contributed by atoms with Crippen LogP contribution in [0.15, 0.2) is 42.7 Å². The largest absolute Gasteiger partial charge is 0.385 e. The first-order valence-corrected chi connectivity index (χ1v) is 6.43. The molecule has 3 heteroatoms. The highest BCUT2D eigenvalue weighted by molar-refractivity contribution is 5.73. The highest BCUT2D eigenvalue weighted by Gasteiger charge is 1.80. The molecular weight excluding hydrogens is 238 g/mol. The van der Waals surface area contributed by atoms with Gasteiger partial charge in [-0.3, -0.25) is 9.78 Å². The van der Waals surface area contributed by atoms with Crippen molar-refractivity contribution in [1.82, 2.24) is 4.98 Å². The van der Waals surface area contributed by atoms with Crippen LogP contribution < -0.4 is 0 Å². The fourth-order valence-corrected chi connectivity index (χ4v) is 0.832. The minimum absolute atomic E-state index is 0.564. The van der Waals surface area contributed by atoms with Crippen molar-refractivity contribution in [3.63, 3.8) is 0 Å². The van der Waals surface area contributed by atoms with Gasteiger partial charge in [0.05, 0.1) is 0 Å². The highest BCUT2D eigenvalue weighted by atomic mass is 16.5. The van der Waals surface area contributed by atoms with Gasteiger partial charge in [-0.05, 0) is 25.5 Å². The quantitative estimate of drug-likeness (QED) is 0.757. The van der Waals surface area contributed by atoms with Crippen LogP contribution in [-0.4, -0.2) is 25.0 Å². The summed E-state index contributed by atoms with van der Waals surface area (Å²) in [4.78, 5) is 14.4. The summed E-state index contributed by atoms with van der Waals surface area (Å²) in [6, 6.07) is 9.27. The molecule has 1 heterocycles. The molecule has 0 amide bonds. The standard InChI is InChI=1S/C11H11NO.C3H8O.C2H6/c1-10-4-2-3-5-11(9-13)8-12-7-6-10;1-3-4-2;1-2/h2-9H,1H3;3H2,1-2H3;1-2H3. The summed E-state index contributed by atoms with van der Waals surface area (Å²) >= 11 is 0. The molecule has 0 saturated carbocycles. The van der Waals surface area contributed by atoms with Crippen molar-refractivity contribution in [3.05, 3.63) is 53.9 Å². The average Bonchev–Trinajstić information content (AvgIpc) is 2.48. The van der Waals surface area contributed by atoms with E-state index >= 15 is 0 Å². The Morgan fingerprint density at radius 3 is 2.32 bits per heavy atom. The average molecular weight is 263 g/mol. The number of nitrogens with zero attached hydrogens (tertiary/aromatic N) is 1. The summed E-state index contributed by atoms with van der Waals surface area (Å²) in [5, 5.41) is 0. The maximum absolute atomic E-state index is 10.5. The molecule has 0 aromatic carbocycles. The number of methoxy groups -OCH3 is 1. The number of aldehydes is 1. The number of hydrogen-bond donors (Lipinski definition) is 0. The van der Waals surface area contributed by atoms with E-state index in [1.54, 1.807) is 19.4 Å². The maximum Gasteiger partial charge on any atom is 0.151 e. The van der Waals surface area contributed by atoms with Crippen molar-refractivity contribution in [3.8, 4) is 0 Å². The lowest BCUT2D eigenvalue weighted by molar-refractivity contribution is 0.112. The van der Waals surface area contributed by atoms with Crippen LogP contribution >= 0.6 is 0 Å². The van der Waals surface area contributed by atoms with Gasteiger partial charge in [0.15, 0.2) is 6.29 Å². The first kappa shape index (κ1) is 19.6. The second-order valence-corrected chi connectivity index (χ2v) is 3.25. The van der Waals surface area contributed by atoms with Gasteiger partial charge in [-0.15, -0.1) is 0 Å². The van der Waals surface area contributed by atoms with E-state index in [2.05, 4.69) is 9.72 Å². The predicted molar refractivity (Wildman–Crippen MR) is 80.9 cm³/mol. The van der Waals surface area contributed by atoms with E-state index in [-0.39, 0.29) is 0 Å². The zero-order valence-electron chi connectivity index (χ0n) is 12.6. The summed E-state index contributed by atoms with van der Waals surface area (Å²) < 4.78 is 4.54. The topological polar surface area (TPSA) is 39.2 Å². The van der Waals surface area contributed by atoms with Crippen LogP contribution in [0, 0.1) is 6.92 Å². The molecule has 0 atom stereocenters. The summed E-state index contributed by atoms with van der Waals surface area (Å²) in [5.41, 5.74) is 1.69. The molecule has 0 unspecified atom stereocenters. The lowest BCUT2D eigenvalue weighted by Gasteiger charge is -1.83. The van der Waals surface area contributed by atoms with Gasteiger partial charge in [0.25, 0.3) is 0 Å². The van der Waals surface area contributed by atoms with E-state index in [0.29, 0.717) is 5.56 Å². The molecule has 0 aliphatic heterocycles. The van der Waals surface area contributed by atoms with Crippen molar-refractivity contribution >= 4 is 6.29 Å². The molecule has 0 bridgehead atoms. The van der Waals surface area contributed by atoms with E-state index in [1.807, 2.05) is 52.0 Å². The molecule has 0 N–H and O–H groups in total. The molecule has 1 aromatic heterocycles. The summed E-state index contributed by atoms with van der Waals surface area (Å²) in [7, 11) is 1.68. The molecule has 0 radical (unpaired) electrons. The molecule has 1 aromatic rings. The minimum Gasteiger partial charge on any atom is -0.385 e. The van der Waals surface area contributed by atoms with Crippen molar-refractivity contribution in [2.24, 2.45) is 0 Å². The smallest absolute Gasteiger partial charge is 0.151 e. The Balaban J connectivity index is 0. The third-order valence-corrected chi connectivity index (χ3v) is 1.83. The number of ether oxygens (including phenoxy) is 1. The fraction of sp³-hybridized carbons (Fsp3) is 0.375. The van der Waals surface area contributed by atoms with E-state index in [9.17, 15) is 4.79 Å². The van der Waals surface area contributed by atoms with Gasteiger partial charge in [-0.1, -0.05) is 38.1 Å². The lowest BCUT2D eigenvalue weighted by atomic mass is 10.3. The van der Waals surface area contributed by atoms with Crippen LogP contribution in [0.3, 0.4) is 0 Å². The molecule has 106 valence electrons. The number of rotatable bonds is 2. The zero-order chi connectivity index (χ0) is 14.9. The monoisotopic (exact) mass is 263 g/mol. The van der Waals surface area contributed by atoms with Gasteiger partial charge in [-0.25, -0.2) is 0 Å². The van der Waals surface area contributed by atoms with Crippen molar-refractivity contribution in [2.45, 2.75) is 27.7 Å². The molecular formula is C16H25NO2. The van der Waals surface area contributed by atoms with Crippen molar-refractivity contribution < 1.29 is 9.53 Å². The minimum atomic E-state index is 0.564. The fourth-order valence-electron chi connectivity index (χ4n) is 0.832. The normalized spacial score (nSPS) is 7.84. The van der Waals surface area contributed by atoms with Crippen LogP contribution in [0.25, 0.3) is 0 Å². The van der Waals surface area contributed by atoms with Gasteiger partial charge in [0, 0.05) is 31.7 Å². The van der Waals surface area contributed by atoms with Gasteiger partial charge in [-0.2, -0.15) is 0 Å². The Hall–Kier alpha value is -1.74. The number of carbonyl (C=O) groups excluding carboxylic acids is 1. The van der Waals surface area contributed by atoms with Crippen LogP contribution in [-0.2, 0) is 4.74 Å². The number of hydrogen-bond acceptors (Lipinski definition) is 3. The van der Waals surface area contributed by atoms with E-state index in [0.717, 1.165) is 18.5 Å². The van der Waals surface area contributed by atoms with E-state index in [1.165, 1.54) is 6.20 Å². The van der Waals surface area contributed by atoms with E-state index in [4.69, 9.17) is 0 Å². The van der Waals surface area contributed by atoms with Crippen LogP contribution in [0.4, 0.5) is 0 Å². The van der Waals surface area contributed by atoms with E-state index < -0.39 is 0 Å². The van der Waals surface area contributed by atoms with Gasteiger partial charge < -0.3 is 4.74 Å². The predicted octanol–water partition coefficient (Wildman–Crippen LogP) is 4.01. The number of aryl methyl sites for hydroxylation is 1. The molecule has 0 aliphatic rings. The lowest BCUT2D eigenvalue weighted by Crippen LogP contribution is -1.75. The SMILES string of the molecule is CC.CCOC.Cc1ccccc(C=O)cncc1. The zero-order valence-corrected chi connectivity index (χ0v) is 12.6. The Kier molecular flexibility index (Phi) is 16.8. The summed E-state index contributed by atoms with van der Waals surface area (Å²) in [5.74, 6) is 0. The van der Waals surface area contributed by atoms with Crippen LogP contribution in [0.1, 0.15) is 36.7 Å². The first-order valence-electron chi connectivity index (χ1n) is 6.43. The van der Waals surface area contributed by atoms with Crippen molar-refractivity contribution in [2.75, 3.05) is 13.7 Å². The highest BCUT2D eigenvalue weighted by Crippen LogP contribution is 1.91. The molecule has 3 nitrogen and oxygen atoms in total. The first-order chi connectivity index (χ1) is 9.24. The second-order valence-electron chi connectivity index (χ2n) is 3.25. The Morgan fingerprint density at radius 2 is 1.79 bits per heavy atom. The number of aromatic nitrogens is 1. The third kappa shape index (κ3) is 14.2. The molecule has 19 heavy (non-hydrogen) atoms. The van der Waals surface area contributed by atoms with Crippen LogP contribution in [0.2, 0.25) is 0 Å². The molecule has 0 saturated heterocycles. The number of carbonyl (C=O) groups is 1. The summed E-state index contributed by atoms with van der Waals surface area (Å²) in [6.45, 7) is 8.77. The summed E-state index contributed by atoms with van der Waals surface area (Å²) in [6.07, 6.45) is 3.98. The Morgan fingerprint density at radius 1 is 1.21 bits per heavy atom. The molecule has 0 fully saturated rings. The van der Waals surface area contributed by atoms with Gasteiger partial charge >= 0.3 is 0 Å². The Bertz CT molecular complexity index is 347. The third-order valence-electron chi connectivity index (χ3n) is 1.83. The van der Waals surface area contributed by atoms with Gasteiger partial charge in [0.1, 0.15) is 0 Å². The molecule has 0 spiro atoms. The molecule has 0 aliphatic carbocycles. The van der Waals surface area contributed by atoms with Gasteiger partial charge in [0.2, 0.25) is 0 Å². The second kappa shape index (κ2) is 16.3. The Labute approximate surface area is 117 Å². The molecule has 1 rings (SSSR count). The van der Waals surface area contributed by atoms with Crippen molar-refractivity contribution in [1.29, 1.82) is 0 Å².